The molecule has 4 heteroatoms. The summed E-state index contributed by atoms with van der Waals surface area (Å²) in [6, 6.07) is 15.9. The summed E-state index contributed by atoms with van der Waals surface area (Å²) in [6.45, 7) is 0. The standard InChI is InChI=1S/C16H15BrN2O/c17-12-7-4-8-14-15(12)20-16(19-14)13(18)10-9-11-5-2-1-3-6-11/h1-8,13H,9-10,18H2. The lowest BCUT2D eigenvalue weighted by atomic mass is 10.1. The first-order chi connectivity index (χ1) is 9.74. The van der Waals surface area contributed by atoms with Crippen molar-refractivity contribution >= 4 is 27.0 Å². The zero-order chi connectivity index (χ0) is 13.9. The zero-order valence-electron chi connectivity index (χ0n) is 10.9. The fraction of sp³-hybridized carbons (Fsp3) is 0.188. The van der Waals surface area contributed by atoms with Crippen molar-refractivity contribution in [2.45, 2.75) is 18.9 Å². The summed E-state index contributed by atoms with van der Waals surface area (Å²) in [5.41, 5.74) is 9.06. The molecule has 1 atom stereocenters. The number of oxazole rings is 1. The molecule has 1 aromatic heterocycles. The van der Waals surface area contributed by atoms with Crippen molar-refractivity contribution in [3.8, 4) is 0 Å². The Bertz CT molecular complexity index is 709. The number of hydrogen-bond acceptors (Lipinski definition) is 3. The van der Waals surface area contributed by atoms with Crippen molar-refractivity contribution in [2.24, 2.45) is 5.73 Å². The smallest absolute Gasteiger partial charge is 0.212 e. The quantitative estimate of drug-likeness (QED) is 0.779. The minimum absolute atomic E-state index is 0.186. The van der Waals surface area contributed by atoms with E-state index in [-0.39, 0.29) is 6.04 Å². The Labute approximate surface area is 125 Å². The largest absolute Gasteiger partial charge is 0.438 e. The van der Waals surface area contributed by atoms with Crippen molar-refractivity contribution < 1.29 is 4.42 Å². The predicted molar refractivity (Wildman–Crippen MR) is 83.4 cm³/mol. The van der Waals surface area contributed by atoms with Crippen LogP contribution in [0.2, 0.25) is 0 Å². The number of aryl methyl sites for hydroxylation is 1. The van der Waals surface area contributed by atoms with Gasteiger partial charge >= 0.3 is 0 Å². The molecule has 1 unspecified atom stereocenters. The molecule has 102 valence electrons. The van der Waals surface area contributed by atoms with Gasteiger partial charge < -0.3 is 10.2 Å². The minimum Gasteiger partial charge on any atom is -0.438 e. The van der Waals surface area contributed by atoms with Gasteiger partial charge in [-0.05, 0) is 46.5 Å². The van der Waals surface area contributed by atoms with Crippen molar-refractivity contribution in [1.29, 1.82) is 0 Å². The van der Waals surface area contributed by atoms with Crippen LogP contribution in [0.3, 0.4) is 0 Å². The molecule has 0 aliphatic carbocycles. The van der Waals surface area contributed by atoms with Gasteiger partial charge in [0.15, 0.2) is 5.58 Å². The van der Waals surface area contributed by atoms with E-state index in [1.54, 1.807) is 0 Å². The first-order valence-corrected chi connectivity index (χ1v) is 7.38. The van der Waals surface area contributed by atoms with E-state index in [4.69, 9.17) is 10.2 Å². The lowest BCUT2D eigenvalue weighted by Gasteiger charge is -2.07. The molecule has 0 spiro atoms. The average molecular weight is 331 g/mol. The number of benzene rings is 2. The molecule has 20 heavy (non-hydrogen) atoms. The maximum absolute atomic E-state index is 6.19. The molecular weight excluding hydrogens is 316 g/mol. The molecule has 0 radical (unpaired) electrons. The summed E-state index contributed by atoms with van der Waals surface area (Å²) in [6.07, 6.45) is 1.73. The van der Waals surface area contributed by atoms with Gasteiger partial charge in [0.25, 0.3) is 0 Å². The third kappa shape index (κ3) is 2.76. The van der Waals surface area contributed by atoms with E-state index in [9.17, 15) is 0 Å². The van der Waals surface area contributed by atoms with Gasteiger partial charge in [-0.1, -0.05) is 36.4 Å². The van der Waals surface area contributed by atoms with Crippen molar-refractivity contribution in [1.82, 2.24) is 4.98 Å². The van der Waals surface area contributed by atoms with Crippen LogP contribution in [-0.4, -0.2) is 4.98 Å². The van der Waals surface area contributed by atoms with Crippen LogP contribution in [0.5, 0.6) is 0 Å². The van der Waals surface area contributed by atoms with Gasteiger partial charge in [0.05, 0.1) is 10.5 Å². The molecule has 0 amide bonds. The highest BCUT2D eigenvalue weighted by atomic mass is 79.9. The topological polar surface area (TPSA) is 52.0 Å². The second-order valence-corrected chi connectivity index (χ2v) is 5.63. The van der Waals surface area contributed by atoms with Crippen LogP contribution in [0.1, 0.15) is 23.9 Å². The molecule has 0 saturated carbocycles. The van der Waals surface area contributed by atoms with E-state index in [1.165, 1.54) is 5.56 Å². The number of fused-ring (bicyclic) bond motifs is 1. The highest BCUT2D eigenvalue weighted by Crippen LogP contribution is 2.27. The van der Waals surface area contributed by atoms with E-state index < -0.39 is 0 Å². The molecular formula is C16H15BrN2O. The lowest BCUT2D eigenvalue weighted by molar-refractivity contribution is 0.458. The van der Waals surface area contributed by atoms with Crippen LogP contribution < -0.4 is 5.73 Å². The highest BCUT2D eigenvalue weighted by Gasteiger charge is 2.15. The van der Waals surface area contributed by atoms with Gasteiger partial charge in [0.2, 0.25) is 5.89 Å². The van der Waals surface area contributed by atoms with E-state index >= 15 is 0 Å². The van der Waals surface area contributed by atoms with Gasteiger partial charge in [0.1, 0.15) is 5.52 Å². The summed E-state index contributed by atoms with van der Waals surface area (Å²) in [7, 11) is 0. The molecule has 2 N–H and O–H groups in total. The van der Waals surface area contributed by atoms with Crippen molar-refractivity contribution in [3.63, 3.8) is 0 Å². The van der Waals surface area contributed by atoms with E-state index in [0.29, 0.717) is 5.89 Å². The van der Waals surface area contributed by atoms with Crippen LogP contribution in [-0.2, 0) is 6.42 Å². The third-order valence-electron chi connectivity index (χ3n) is 3.29. The Balaban J connectivity index is 1.75. The second-order valence-electron chi connectivity index (χ2n) is 4.77. The fourth-order valence-corrected chi connectivity index (χ4v) is 2.62. The van der Waals surface area contributed by atoms with Crippen LogP contribution in [0.15, 0.2) is 57.4 Å². The summed E-state index contributed by atoms with van der Waals surface area (Å²) in [5.74, 6) is 0.600. The molecule has 3 nitrogen and oxygen atoms in total. The maximum atomic E-state index is 6.19. The summed E-state index contributed by atoms with van der Waals surface area (Å²) < 4.78 is 6.67. The number of nitrogens with zero attached hydrogens (tertiary/aromatic N) is 1. The van der Waals surface area contributed by atoms with Crippen LogP contribution in [0.4, 0.5) is 0 Å². The third-order valence-corrected chi connectivity index (χ3v) is 3.91. The van der Waals surface area contributed by atoms with Gasteiger partial charge in [-0.15, -0.1) is 0 Å². The number of para-hydroxylation sites is 1. The number of nitrogens with two attached hydrogens (primary N) is 1. The van der Waals surface area contributed by atoms with Crippen molar-refractivity contribution in [3.05, 3.63) is 64.5 Å². The van der Waals surface area contributed by atoms with Crippen LogP contribution in [0, 0.1) is 0 Å². The maximum Gasteiger partial charge on any atom is 0.212 e. The Kier molecular flexibility index (Phi) is 3.85. The molecule has 2 aromatic carbocycles. The van der Waals surface area contributed by atoms with E-state index in [1.807, 2.05) is 36.4 Å². The molecule has 0 aliphatic heterocycles. The normalized spacial score (nSPS) is 12.7. The SMILES string of the molecule is NC(CCc1ccccc1)c1nc2cccc(Br)c2o1. The minimum atomic E-state index is -0.186. The van der Waals surface area contributed by atoms with Crippen molar-refractivity contribution in [2.75, 3.05) is 0 Å². The van der Waals surface area contributed by atoms with Gasteiger partial charge in [0, 0.05) is 0 Å². The Morgan fingerprint density at radius 2 is 1.90 bits per heavy atom. The molecule has 0 fully saturated rings. The van der Waals surface area contributed by atoms with Crippen LogP contribution in [0.25, 0.3) is 11.1 Å². The number of hydrogen-bond donors (Lipinski definition) is 1. The predicted octanol–water partition coefficient (Wildman–Crippen LogP) is 4.22. The summed E-state index contributed by atoms with van der Waals surface area (Å²) in [4.78, 5) is 4.46. The van der Waals surface area contributed by atoms with E-state index in [2.05, 4.69) is 33.0 Å². The number of aromatic nitrogens is 1. The van der Waals surface area contributed by atoms with Gasteiger partial charge in [-0.2, -0.15) is 0 Å². The summed E-state index contributed by atoms with van der Waals surface area (Å²) >= 11 is 3.46. The zero-order valence-corrected chi connectivity index (χ0v) is 12.5. The molecule has 3 rings (SSSR count). The average Bonchev–Trinajstić information content (AvgIpc) is 2.91. The highest BCUT2D eigenvalue weighted by molar-refractivity contribution is 9.10. The number of rotatable bonds is 4. The Hall–Kier alpha value is -1.65. The molecule has 0 aliphatic rings. The first kappa shape index (κ1) is 13.3. The Morgan fingerprint density at radius 1 is 1.10 bits per heavy atom. The number of halogens is 1. The van der Waals surface area contributed by atoms with E-state index in [0.717, 1.165) is 28.4 Å². The first-order valence-electron chi connectivity index (χ1n) is 6.58. The molecule has 0 bridgehead atoms. The molecule has 1 heterocycles. The monoisotopic (exact) mass is 330 g/mol. The van der Waals surface area contributed by atoms with Crippen LogP contribution >= 0.6 is 15.9 Å². The lowest BCUT2D eigenvalue weighted by Crippen LogP contribution is -2.11. The van der Waals surface area contributed by atoms with Gasteiger partial charge in [-0.3, -0.25) is 0 Å². The second kappa shape index (κ2) is 5.77. The molecule has 3 aromatic rings. The fourth-order valence-electron chi connectivity index (χ4n) is 2.18. The summed E-state index contributed by atoms with van der Waals surface area (Å²) in [5, 5.41) is 0. The molecule has 0 saturated heterocycles. The Morgan fingerprint density at radius 3 is 2.65 bits per heavy atom. The van der Waals surface area contributed by atoms with Gasteiger partial charge in [-0.25, -0.2) is 4.98 Å².